The summed E-state index contributed by atoms with van der Waals surface area (Å²) in [6.07, 6.45) is 0.163. The van der Waals surface area contributed by atoms with Crippen molar-refractivity contribution in [3.63, 3.8) is 0 Å². The minimum atomic E-state index is -3.55. The molecule has 0 radical (unpaired) electrons. The van der Waals surface area contributed by atoms with Crippen molar-refractivity contribution in [3.8, 4) is 0 Å². The summed E-state index contributed by atoms with van der Waals surface area (Å²) >= 11 is 5.79. The highest BCUT2D eigenvalue weighted by atomic mass is 35.7. The first-order valence-corrected chi connectivity index (χ1v) is 7.16. The smallest absolute Gasteiger partial charge is 0.306 e. The molecular formula is C10H13ClNO2P. The highest BCUT2D eigenvalue weighted by Gasteiger charge is 2.32. The SMILES string of the molecule is [2H]C1([2H])CCOP(=O)(Cl)N1Cc1ccccc1. The molecule has 0 bridgehead atoms. The second-order valence-electron chi connectivity index (χ2n) is 3.24. The van der Waals surface area contributed by atoms with E-state index in [1.54, 1.807) is 0 Å². The fraction of sp³-hybridized carbons (Fsp3) is 0.400. The van der Waals surface area contributed by atoms with Crippen LogP contribution in [0.3, 0.4) is 0 Å². The van der Waals surface area contributed by atoms with E-state index in [9.17, 15) is 4.57 Å². The van der Waals surface area contributed by atoms with Crippen LogP contribution in [-0.2, 0) is 15.6 Å². The Morgan fingerprint density at radius 3 is 2.93 bits per heavy atom. The highest BCUT2D eigenvalue weighted by Crippen LogP contribution is 2.58. The zero-order chi connectivity index (χ0) is 12.5. The molecule has 0 spiro atoms. The summed E-state index contributed by atoms with van der Waals surface area (Å²) in [5.74, 6) is 0. The summed E-state index contributed by atoms with van der Waals surface area (Å²) in [7, 11) is 0. The predicted octanol–water partition coefficient (Wildman–Crippen LogP) is 3.26. The monoisotopic (exact) mass is 247 g/mol. The van der Waals surface area contributed by atoms with Crippen LogP contribution in [0.25, 0.3) is 0 Å². The van der Waals surface area contributed by atoms with Gasteiger partial charge in [0.2, 0.25) is 0 Å². The van der Waals surface area contributed by atoms with E-state index >= 15 is 0 Å². The number of nitrogens with zero attached hydrogens (tertiary/aromatic N) is 1. The molecule has 15 heavy (non-hydrogen) atoms. The van der Waals surface area contributed by atoms with Crippen molar-refractivity contribution >= 4 is 18.1 Å². The molecule has 1 aromatic carbocycles. The molecular weight excluding hydrogens is 233 g/mol. The molecule has 3 nitrogen and oxygen atoms in total. The first-order valence-electron chi connectivity index (χ1n) is 5.68. The van der Waals surface area contributed by atoms with Crippen molar-refractivity contribution in [2.75, 3.05) is 13.1 Å². The van der Waals surface area contributed by atoms with E-state index in [0.717, 1.165) is 10.2 Å². The summed E-state index contributed by atoms with van der Waals surface area (Å²) in [5.41, 5.74) is 0.850. The Morgan fingerprint density at radius 1 is 1.53 bits per heavy atom. The zero-order valence-electron chi connectivity index (χ0n) is 10.1. The molecule has 1 heterocycles. The van der Waals surface area contributed by atoms with Gasteiger partial charge in [-0.05, 0) is 23.2 Å². The van der Waals surface area contributed by atoms with E-state index in [0.29, 0.717) is 0 Å². The van der Waals surface area contributed by atoms with Gasteiger partial charge in [-0.2, -0.15) is 0 Å². The number of benzene rings is 1. The minimum Gasteiger partial charge on any atom is -0.306 e. The van der Waals surface area contributed by atoms with Gasteiger partial charge in [0.15, 0.2) is 0 Å². The zero-order valence-corrected chi connectivity index (χ0v) is 9.75. The van der Waals surface area contributed by atoms with Crippen LogP contribution in [-0.4, -0.2) is 17.8 Å². The van der Waals surface area contributed by atoms with Gasteiger partial charge in [0.25, 0.3) is 0 Å². The molecule has 0 saturated carbocycles. The van der Waals surface area contributed by atoms with Gasteiger partial charge in [0.1, 0.15) is 0 Å². The molecule has 0 aromatic heterocycles. The highest BCUT2D eigenvalue weighted by molar-refractivity contribution is 7.83. The van der Waals surface area contributed by atoms with Gasteiger partial charge in [-0.1, -0.05) is 30.3 Å². The molecule has 1 unspecified atom stereocenters. The molecule has 5 heteroatoms. The van der Waals surface area contributed by atoms with Crippen LogP contribution in [0.15, 0.2) is 30.3 Å². The van der Waals surface area contributed by atoms with Crippen molar-refractivity contribution in [2.45, 2.75) is 13.0 Å². The van der Waals surface area contributed by atoms with Crippen molar-refractivity contribution in [2.24, 2.45) is 0 Å². The molecule has 0 amide bonds. The van der Waals surface area contributed by atoms with Crippen LogP contribution in [0, 0.1) is 0 Å². The third-order valence-electron chi connectivity index (χ3n) is 2.11. The normalized spacial score (nSPS) is 33.1. The molecule has 2 rings (SSSR count). The van der Waals surface area contributed by atoms with Gasteiger partial charge < -0.3 is 4.52 Å². The van der Waals surface area contributed by atoms with E-state index in [1.165, 1.54) is 0 Å². The minimum absolute atomic E-state index is 0.0824. The quantitative estimate of drug-likeness (QED) is 0.752. The number of halogens is 1. The Kier molecular flexibility index (Phi) is 2.73. The Hall–Kier alpha value is -0.340. The third kappa shape index (κ3) is 2.82. The van der Waals surface area contributed by atoms with Gasteiger partial charge in [-0.25, -0.2) is 4.67 Å². The van der Waals surface area contributed by atoms with E-state index in [2.05, 4.69) is 0 Å². The van der Waals surface area contributed by atoms with Crippen LogP contribution in [0.4, 0.5) is 0 Å². The van der Waals surface area contributed by atoms with Crippen molar-refractivity contribution in [3.05, 3.63) is 35.9 Å². The maximum Gasteiger partial charge on any atom is 0.363 e. The number of hydrogen-bond donors (Lipinski definition) is 0. The lowest BCUT2D eigenvalue weighted by Crippen LogP contribution is -2.25. The maximum atomic E-state index is 12.0. The van der Waals surface area contributed by atoms with Gasteiger partial charge >= 0.3 is 6.87 Å². The lowest BCUT2D eigenvalue weighted by Gasteiger charge is -2.30. The van der Waals surface area contributed by atoms with Crippen molar-refractivity contribution < 1.29 is 11.8 Å². The van der Waals surface area contributed by atoms with Gasteiger partial charge in [0, 0.05) is 15.8 Å². The Labute approximate surface area is 97.1 Å². The van der Waals surface area contributed by atoms with Crippen LogP contribution in [0.1, 0.15) is 14.7 Å². The predicted molar refractivity (Wildman–Crippen MR) is 60.9 cm³/mol. The van der Waals surface area contributed by atoms with Crippen LogP contribution in [0.5, 0.6) is 0 Å². The Bertz CT molecular complexity index is 443. The van der Waals surface area contributed by atoms with Gasteiger partial charge in [-0.3, -0.25) is 4.57 Å². The lowest BCUT2D eigenvalue weighted by molar-refractivity contribution is 0.214. The Morgan fingerprint density at radius 2 is 2.27 bits per heavy atom. The second-order valence-corrected chi connectivity index (χ2v) is 6.16. The standard InChI is InChI=1S/C10H13ClNO2P/c11-15(13)12(7-4-8-14-15)9-10-5-2-1-3-6-10/h1-3,5-6H,4,7-9H2/i7D2. The topological polar surface area (TPSA) is 29.5 Å². The van der Waals surface area contributed by atoms with Crippen LogP contribution < -0.4 is 0 Å². The lowest BCUT2D eigenvalue weighted by atomic mass is 10.2. The van der Waals surface area contributed by atoms with E-state index < -0.39 is 13.4 Å². The molecule has 82 valence electrons. The average molecular weight is 248 g/mol. The first-order chi connectivity index (χ1) is 7.92. The third-order valence-corrected chi connectivity index (χ3v) is 4.31. The summed E-state index contributed by atoms with van der Waals surface area (Å²) in [6.45, 7) is -5.00. The fourth-order valence-corrected chi connectivity index (χ4v) is 2.97. The average Bonchev–Trinajstić information content (AvgIpc) is 2.25. The molecule has 1 aliphatic rings. The van der Waals surface area contributed by atoms with Gasteiger partial charge in [0.05, 0.1) is 6.61 Å². The summed E-state index contributed by atoms with van der Waals surface area (Å²) < 4.78 is 33.8. The summed E-state index contributed by atoms with van der Waals surface area (Å²) in [5, 5.41) is 0. The molecule has 1 aliphatic heterocycles. The van der Waals surface area contributed by atoms with E-state index in [1.807, 2.05) is 30.3 Å². The summed E-state index contributed by atoms with van der Waals surface area (Å²) in [6, 6.07) is 9.22. The number of rotatable bonds is 2. The maximum absolute atomic E-state index is 12.0. The summed E-state index contributed by atoms with van der Waals surface area (Å²) in [4.78, 5) is 0. The molecule has 1 saturated heterocycles. The second kappa shape index (κ2) is 4.67. The fourth-order valence-electron chi connectivity index (χ4n) is 1.38. The van der Waals surface area contributed by atoms with Crippen molar-refractivity contribution in [1.29, 1.82) is 0 Å². The van der Waals surface area contributed by atoms with E-state index in [4.69, 9.17) is 18.5 Å². The van der Waals surface area contributed by atoms with Crippen LogP contribution >= 0.6 is 18.1 Å². The first kappa shape index (κ1) is 8.77. The molecule has 0 N–H and O–H groups in total. The molecule has 1 fully saturated rings. The molecule has 0 aliphatic carbocycles. The van der Waals surface area contributed by atoms with E-state index in [-0.39, 0.29) is 19.6 Å². The van der Waals surface area contributed by atoms with Crippen molar-refractivity contribution in [1.82, 2.24) is 4.67 Å². The van der Waals surface area contributed by atoms with Crippen LogP contribution in [0.2, 0.25) is 0 Å². The van der Waals surface area contributed by atoms with Gasteiger partial charge in [-0.15, -0.1) is 0 Å². The number of hydrogen-bond acceptors (Lipinski definition) is 2. The largest absolute Gasteiger partial charge is 0.363 e. The molecule has 1 aromatic rings. The Balaban J connectivity index is 2.24. The molecule has 1 atom stereocenters.